The number of ether oxygens (including phenoxy) is 1. The van der Waals surface area contributed by atoms with Crippen molar-refractivity contribution in [1.29, 1.82) is 0 Å². The van der Waals surface area contributed by atoms with E-state index in [0.29, 0.717) is 22.4 Å². The van der Waals surface area contributed by atoms with Crippen LogP contribution in [0.2, 0.25) is 0 Å². The van der Waals surface area contributed by atoms with Gasteiger partial charge in [-0.3, -0.25) is 9.69 Å². The minimum atomic E-state index is -0.471. The van der Waals surface area contributed by atoms with E-state index in [4.69, 9.17) is 10.5 Å². The van der Waals surface area contributed by atoms with Gasteiger partial charge in [0, 0.05) is 25.2 Å². The summed E-state index contributed by atoms with van der Waals surface area (Å²) in [6.45, 7) is 5.37. The van der Waals surface area contributed by atoms with Gasteiger partial charge in [0.2, 0.25) is 5.91 Å². The fourth-order valence-corrected chi connectivity index (χ4v) is 2.36. The molecule has 2 N–H and O–H groups in total. The van der Waals surface area contributed by atoms with Crippen LogP contribution >= 0.6 is 15.9 Å². The molecule has 0 aromatic carbocycles. The molecular formula is C14H20BrN3O3. The first-order chi connectivity index (χ1) is 9.90. The van der Waals surface area contributed by atoms with Crippen molar-refractivity contribution in [3.63, 3.8) is 0 Å². The zero-order valence-corrected chi connectivity index (χ0v) is 14.0. The van der Waals surface area contributed by atoms with E-state index in [9.17, 15) is 9.70 Å². The number of allylic oxidation sites excluding steroid dienone is 2. The van der Waals surface area contributed by atoms with Crippen LogP contribution in [0.5, 0.6) is 0 Å². The summed E-state index contributed by atoms with van der Waals surface area (Å²) < 4.78 is 6.17. The maximum atomic E-state index is 11.8. The van der Waals surface area contributed by atoms with Crippen LogP contribution in [0.4, 0.5) is 0 Å². The molecule has 1 unspecified atom stereocenters. The molecule has 0 aromatic rings. The zero-order valence-electron chi connectivity index (χ0n) is 12.4. The number of nitrogens with two attached hydrogens (primary N) is 1. The van der Waals surface area contributed by atoms with Crippen molar-refractivity contribution >= 4 is 21.8 Å². The first-order valence-corrected chi connectivity index (χ1v) is 7.46. The topological polar surface area (TPSA) is 85.0 Å². The van der Waals surface area contributed by atoms with E-state index >= 15 is 0 Å². The minimum Gasteiger partial charge on any atom is -0.472 e. The molecule has 0 fully saturated rings. The van der Waals surface area contributed by atoms with Gasteiger partial charge < -0.3 is 10.5 Å². The Morgan fingerprint density at radius 3 is 2.81 bits per heavy atom. The second-order valence-electron chi connectivity index (χ2n) is 4.72. The van der Waals surface area contributed by atoms with Crippen molar-refractivity contribution in [2.24, 2.45) is 10.9 Å². The van der Waals surface area contributed by atoms with Crippen molar-refractivity contribution in [3.8, 4) is 0 Å². The summed E-state index contributed by atoms with van der Waals surface area (Å²) in [5.41, 5.74) is 7.64. The molecule has 0 spiro atoms. The molecule has 0 saturated heterocycles. The van der Waals surface area contributed by atoms with E-state index < -0.39 is 6.23 Å². The molecule has 21 heavy (non-hydrogen) atoms. The van der Waals surface area contributed by atoms with E-state index in [0.717, 1.165) is 12.0 Å². The van der Waals surface area contributed by atoms with Gasteiger partial charge in [-0.1, -0.05) is 12.1 Å². The van der Waals surface area contributed by atoms with Crippen LogP contribution in [0, 0.1) is 4.91 Å². The Kier molecular flexibility index (Phi) is 6.61. The summed E-state index contributed by atoms with van der Waals surface area (Å²) in [7, 11) is 0. The van der Waals surface area contributed by atoms with E-state index in [1.807, 2.05) is 13.8 Å². The Labute approximate surface area is 132 Å². The number of carbonyl (C=O) groups is 1. The third kappa shape index (κ3) is 4.70. The van der Waals surface area contributed by atoms with Crippen molar-refractivity contribution in [2.75, 3.05) is 6.54 Å². The van der Waals surface area contributed by atoms with Crippen molar-refractivity contribution < 1.29 is 9.53 Å². The average Bonchev–Trinajstić information content (AvgIpc) is 2.91. The highest BCUT2D eigenvalue weighted by Crippen LogP contribution is 2.25. The quantitative estimate of drug-likeness (QED) is 0.584. The minimum absolute atomic E-state index is 0.0237. The molecule has 0 aromatic heterocycles. The molecule has 116 valence electrons. The van der Waals surface area contributed by atoms with E-state index in [2.05, 4.69) is 21.1 Å². The lowest BCUT2D eigenvalue weighted by Gasteiger charge is -2.25. The molecule has 7 heteroatoms. The van der Waals surface area contributed by atoms with Gasteiger partial charge in [0.05, 0.1) is 4.48 Å². The summed E-state index contributed by atoms with van der Waals surface area (Å²) in [5.74, 6) is 0.312. The normalized spacial score (nSPS) is 19.5. The number of hydrogen-bond acceptors (Lipinski definition) is 5. The summed E-state index contributed by atoms with van der Waals surface area (Å²) in [6.07, 6.45) is 4.25. The molecule has 1 aliphatic heterocycles. The van der Waals surface area contributed by atoms with Gasteiger partial charge in [-0.15, -0.1) is 0 Å². The Hall–Kier alpha value is -1.63. The number of nitrogens with zero attached hydrogens (tertiary/aromatic N) is 2. The molecule has 0 aliphatic carbocycles. The van der Waals surface area contributed by atoms with Gasteiger partial charge in [0.15, 0.2) is 6.23 Å². The standard InChI is InChI=1S/C14H20BrN3O3/c1-4-9(2)14(16)12(15)8-18(10(3)19)13-6-5-11(21-13)7-17-20/h5,8,13H,4,6-7,16H2,1-3H3/b12-8+,14-9?. The smallest absolute Gasteiger partial charge is 0.226 e. The van der Waals surface area contributed by atoms with Crippen LogP contribution in [0.25, 0.3) is 0 Å². The lowest BCUT2D eigenvalue weighted by Crippen LogP contribution is -2.34. The van der Waals surface area contributed by atoms with Gasteiger partial charge in [-0.05, 0) is 40.9 Å². The Morgan fingerprint density at radius 2 is 2.29 bits per heavy atom. The molecule has 0 radical (unpaired) electrons. The van der Waals surface area contributed by atoms with Crippen molar-refractivity contribution in [2.45, 2.75) is 39.8 Å². The summed E-state index contributed by atoms with van der Waals surface area (Å²) in [5, 5.41) is 2.78. The van der Waals surface area contributed by atoms with Crippen LogP contribution in [-0.2, 0) is 9.53 Å². The highest BCUT2D eigenvalue weighted by Gasteiger charge is 2.26. The third-order valence-corrected chi connectivity index (χ3v) is 3.86. The van der Waals surface area contributed by atoms with Crippen LogP contribution in [0.15, 0.2) is 39.0 Å². The molecule has 0 saturated carbocycles. The number of carbonyl (C=O) groups excluding carboxylic acids is 1. The number of amides is 1. The molecule has 6 nitrogen and oxygen atoms in total. The highest BCUT2D eigenvalue weighted by atomic mass is 79.9. The fraction of sp³-hybridized carbons (Fsp3) is 0.500. The Bertz CT molecular complexity index is 512. The van der Waals surface area contributed by atoms with Crippen LogP contribution < -0.4 is 5.73 Å². The summed E-state index contributed by atoms with van der Waals surface area (Å²) >= 11 is 3.39. The van der Waals surface area contributed by atoms with Crippen molar-refractivity contribution in [1.82, 2.24) is 4.90 Å². The number of hydrogen-bond donors (Lipinski definition) is 1. The van der Waals surface area contributed by atoms with E-state index in [1.54, 1.807) is 12.3 Å². The monoisotopic (exact) mass is 357 g/mol. The molecule has 1 atom stereocenters. The van der Waals surface area contributed by atoms with Crippen LogP contribution in [0.3, 0.4) is 0 Å². The Morgan fingerprint density at radius 1 is 1.62 bits per heavy atom. The first-order valence-electron chi connectivity index (χ1n) is 6.67. The van der Waals surface area contributed by atoms with Gasteiger partial charge in [0.25, 0.3) is 0 Å². The van der Waals surface area contributed by atoms with Crippen LogP contribution in [-0.4, -0.2) is 23.6 Å². The van der Waals surface area contributed by atoms with Crippen LogP contribution in [0.1, 0.15) is 33.6 Å². The lowest BCUT2D eigenvalue weighted by molar-refractivity contribution is -0.134. The second kappa shape index (κ2) is 7.97. The van der Waals surface area contributed by atoms with Gasteiger partial charge in [-0.2, -0.15) is 4.91 Å². The molecule has 0 bridgehead atoms. The zero-order chi connectivity index (χ0) is 16.0. The Balaban J connectivity index is 2.90. The van der Waals surface area contributed by atoms with E-state index in [-0.39, 0.29) is 12.5 Å². The third-order valence-electron chi connectivity index (χ3n) is 3.23. The largest absolute Gasteiger partial charge is 0.472 e. The molecule has 1 aliphatic rings. The summed E-state index contributed by atoms with van der Waals surface area (Å²) in [6, 6.07) is 0. The predicted molar refractivity (Wildman–Crippen MR) is 84.9 cm³/mol. The number of rotatable bonds is 6. The molecule has 1 heterocycles. The molecule has 1 amide bonds. The molecule has 1 rings (SSSR count). The van der Waals surface area contributed by atoms with Gasteiger partial charge in [0.1, 0.15) is 12.3 Å². The maximum Gasteiger partial charge on any atom is 0.226 e. The van der Waals surface area contributed by atoms with Crippen molar-refractivity contribution in [3.05, 3.63) is 38.7 Å². The van der Waals surface area contributed by atoms with Gasteiger partial charge in [-0.25, -0.2) is 0 Å². The van der Waals surface area contributed by atoms with Gasteiger partial charge >= 0.3 is 0 Å². The predicted octanol–water partition coefficient (Wildman–Crippen LogP) is 3.11. The number of nitroso groups, excluding NO2 is 1. The first kappa shape index (κ1) is 17.4. The maximum absolute atomic E-state index is 11.8. The average molecular weight is 358 g/mol. The summed E-state index contributed by atoms with van der Waals surface area (Å²) in [4.78, 5) is 23.5. The lowest BCUT2D eigenvalue weighted by atomic mass is 10.2. The molecular weight excluding hydrogens is 338 g/mol. The number of halogens is 1. The second-order valence-corrected chi connectivity index (χ2v) is 5.57. The van der Waals surface area contributed by atoms with E-state index in [1.165, 1.54) is 11.8 Å². The SMILES string of the molecule is CCC(C)=C(N)/C(Br)=C\N(C(C)=O)C1CC=C(CN=O)O1. The fourth-order valence-electron chi connectivity index (χ4n) is 1.80. The highest BCUT2D eigenvalue weighted by molar-refractivity contribution is 9.12.